The Kier molecular flexibility index (Phi) is 12.7. The van der Waals surface area contributed by atoms with Gasteiger partial charge in [0.2, 0.25) is 6.54 Å². The SMILES string of the molecule is [C-]#[N+]CCOCCOCCOCCOC. The third-order valence-corrected chi connectivity index (χ3v) is 1.52. The highest BCUT2D eigenvalue weighted by atomic mass is 16.6. The van der Waals surface area contributed by atoms with Crippen LogP contribution in [0.5, 0.6) is 0 Å². The fourth-order valence-corrected chi connectivity index (χ4v) is 0.794. The summed E-state index contributed by atoms with van der Waals surface area (Å²) in [5.41, 5.74) is 0. The van der Waals surface area contributed by atoms with Crippen LogP contribution in [-0.4, -0.2) is 59.9 Å². The molecule has 0 amide bonds. The first-order chi connectivity index (χ1) is 7.41. The van der Waals surface area contributed by atoms with E-state index in [0.717, 1.165) is 0 Å². The molecule has 0 atom stereocenters. The third-order valence-electron chi connectivity index (χ3n) is 1.52. The van der Waals surface area contributed by atoms with Gasteiger partial charge in [-0.05, 0) is 0 Å². The summed E-state index contributed by atoms with van der Waals surface area (Å²) in [5.74, 6) is 0. The van der Waals surface area contributed by atoms with Gasteiger partial charge in [0.1, 0.15) is 6.61 Å². The molecule has 0 aromatic heterocycles. The number of ether oxygens (including phenoxy) is 4. The molecule has 0 unspecified atom stereocenters. The quantitative estimate of drug-likeness (QED) is 0.375. The molecular weight excluding hydrogens is 198 g/mol. The molecule has 0 radical (unpaired) electrons. The standard InChI is InChI=1S/C10H19NO4/c1-11-3-4-13-7-8-15-10-9-14-6-5-12-2/h3-10H2,2H3. The number of rotatable bonds is 11. The summed E-state index contributed by atoms with van der Waals surface area (Å²) in [5, 5.41) is 0. The van der Waals surface area contributed by atoms with Crippen LogP contribution in [0.2, 0.25) is 0 Å². The Morgan fingerprint density at radius 2 is 1.27 bits per heavy atom. The number of hydrogen-bond acceptors (Lipinski definition) is 4. The van der Waals surface area contributed by atoms with Gasteiger partial charge in [-0.1, -0.05) is 0 Å². The third kappa shape index (κ3) is 13.3. The predicted molar refractivity (Wildman–Crippen MR) is 55.8 cm³/mol. The molecule has 0 rings (SSSR count). The van der Waals surface area contributed by atoms with Gasteiger partial charge in [0.25, 0.3) is 0 Å². The van der Waals surface area contributed by atoms with Crippen molar-refractivity contribution in [2.45, 2.75) is 0 Å². The van der Waals surface area contributed by atoms with Gasteiger partial charge in [0.05, 0.1) is 39.6 Å². The second-order valence-electron chi connectivity index (χ2n) is 2.71. The molecule has 5 heteroatoms. The molecule has 0 saturated heterocycles. The molecule has 0 saturated carbocycles. The molecule has 0 heterocycles. The van der Waals surface area contributed by atoms with E-state index < -0.39 is 0 Å². The molecule has 0 bridgehead atoms. The van der Waals surface area contributed by atoms with Crippen LogP contribution in [0.3, 0.4) is 0 Å². The fraction of sp³-hybridized carbons (Fsp3) is 0.900. The summed E-state index contributed by atoms with van der Waals surface area (Å²) in [6.07, 6.45) is 0. The Balaban J connectivity index is 2.84. The summed E-state index contributed by atoms with van der Waals surface area (Å²) >= 11 is 0. The van der Waals surface area contributed by atoms with Gasteiger partial charge in [-0.25, -0.2) is 6.57 Å². The zero-order valence-electron chi connectivity index (χ0n) is 9.24. The van der Waals surface area contributed by atoms with Gasteiger partial charge in [-0.2, -0.15) is 0 Å². The van der Waals surface area contributed by atoms with Crippen molar-refractivity contribution in [3.8, 4) is 0 Å². The van der Waals surface area contributed by atoms with E-state index in [1.54, 1.807) is 7.11 Å². The largest absolute Gasteiger partial charge is 0.382 e. The van der Waals surface area contributed by atoms with Crippen LogP contribution in [0.25, 0.3) is 4.85 Å². The average molecular weight is 217 g/mol. The average Bonchev–Trinajstić information content (AvgIpc) is 2.26. The molecule has 0 N–H and O–H groups in total. The fourth-order valence-electron chi connectivity index (χ4n) is 0.794. The summed E-state index contributed by atoms with van der Waals surface area (Å²) in [4.78, 5) is 3.16. The number of hydrogen-bond donors (Lipinski definition) is 0. The predicted octanol–water partition coefficient (Wildman–Crippen LogP) is 0.602. The normalized spacial score (nSPS) is 10.1. The minimum Gasteiger partial charge on any atom is -0.382 e. The van der Waals surface area contributed by atoms with E-state index in [2.05, 4.69) is 4.85 Å². The first-order valence-corrected chi connectivity index (χ1v) is 4.97. The summed E-state index contributed by atoms with van der Waals surface area (Å²) < 4.78 is 20.3. The van der Waals surface area contributed by atoms with Gasteiger partial charge in [-0.3, -0.25) is 0 Å². The first kappa shape index (κ1) is 14.3. The lowest BCUT2D eigenvalue weighted by Crippen LogP contribution is -2.11. The van der Waals surface area contributed by atoms with Gasteiger partial charge in [-0.15, -0.1) is 0 Å². The Morgan fingerprint density at radius 3 is 1.73 bits per heavy atom. The van der Waals surface area contributed by atoms with E-state index in [4.69, 9.17) is 25.5 Å². The molecule has 0 spiro atoms. The van der Waals surface area contributed by atoms with Crippen LogP contribution >= 0.6 is 0 Å². The van der Waals surface area contributed by atoms with Crippen LogP contribution < -0.4 is 0 Å². The molecule has 0 fully saturated rings. The van der Waals surface area contributed by atoms with Crippen molar-refractivity contribution in [1.29, 1.82) is 0 Å². The van der Waals surface area contributed by atoms with Gasteiger partial charge in [0, 0.05) is 7.11 Å². The zero-order chi connectivity index (χ0) is 11.2. The highest BCUT2D eigenvalue weighted by Gasteiger charge is 1.91. The lowest BCUT2D eigenvalue weighted by atomic mass is 10.7. The molecule has 5 nitrogen and oxygen atoms in total. The second-order valence-corrected chi connectivity index (χ2v) is 2.71. The van der Waals surface area contributed by atoms with E-state index in [-0.39, 0.29) is 0 Å². The molecule has 0 aliphatic carbocycles. The van der Waals surface area contributed by atoms with E-state index in [1.807, 2.05) is 0 Å². The van der Waals surface area contributed by atoms with Crippen molar-refractivity contribution in [2.75, 3.05) is 59.9 Å². The van der Waals surface area contributed by atoms with E-state index in [0.29, 0.717) is 52.8 Å². The van der Waals surface area contributed by atoms with Crippen molar-refractivity contribution < 1.29 is 18.9 Å². The van der Waals surface area contributed by atoms with E-state index >= 15 is 0 Å². The second kappa shape index (κ2) is 13.3. The highest BCUT2D eigenvalue weighted by Crippen LogP contribution is 1.82. The van der Waals surface area contributed by atoms with Gasteiger partial charge in [0.15, 0.2) is 0 Å². The van der Waals surface area contributed by atoms with Crippen molar-refractivity contribution in [3.05, 3.63) is 11.4 Å². The van der Waals surface area contributed by atoms with Gasteiger partial charge < -0.3 is 23.8 Å². The monoisotopic (exact) mass is 217 g/mol. The van der Waals surface area contributed by atoms with E-state index in [1.165, 1.54) is 0 Å². The minimum absolute atomic E-state index is 0.417. The summed E-state index contributed by atoms with van der Waals surface area (Å²) in [6, 6.07) is 0. The summed E-state index contributed by atoms with van der Waals surface area (Å²) in [7, 11) is 1.64. The van der Waals surface area contributed by atoms with Crippen molar-refractivity contribution >= 4 is 0 Å². The van der Waals surface area contributed by atoms with E-state index in [9.17, 15) is 0 Å². The molecular formula is C10H19NO4. The maximum Gasteiger partial charge on any atom is 0.237 e. The number of nitrogens with zero attached hydrogens (tertiary/aromatic N) is 1. The Bertz CT molecular complexity index is 158. The van der Waals surface area contributed by atoms with Crippen molar-refractivity contribution in [1.82, 2.24) is 0 Å². The lowest BCUT2D eigenvalue weighted by molar-refractivity contribution is 0.00516. The van der Waals surface area contributed by atoms with Crippen LogP contribution in [0.15, 0.2) is 0 Å². The van der Waals surface area contributed by atoms with Crippen LogP contribution in [0.4, 0.5) is 0 Å². The Labute approximate surface area is 91.1 Å². The Hall–Kier alpha value is -0.670. The molecule has 0 aliphatic rings. The van der Waals surface area contributed by atoms with Crippen LogP contribution in [-0.2, 0) is 18.9 Å². The topological polar surface area (TPSA) is 41.3 Å². The summed E-state index contributed by atoms with van der Waals surface area (Å²) in [6.45, 7) is 10.8. The molecule has 15 heavy (non-hydrogen) atoms. The van der Waals surface area contributed by atoms with Crippen molar-refractivity contribution in [3.63, 3.8) is 0 Å². The van der Waals surface area contributed by atoms with Crippen LogP contribution in [0, 0.1) is 6.57 Å². The maximum absolute atomic E-state index is 6.52. The van der Waals surface area contributed by atoms with Crippen LogP contribution in [0.1, 0.15) is 0 Å². The lowest BCUT2D eigenvalue weighted by Gasteiger charge is -2.05. The highest BCUT2D eigenvalue weighted by molar-refractivity contribution is 4.55. The van der Waals surface area contributed by atoms with Crippen molar-refractivity contribution in [2.24, 2.45) is 0 Å². The Morgan fingerprint density at radius 1 is 0.800 bits per heavy atom. The molecule has 88 valence electrons. The minimum atomic E-state index is 0.417. The van der Waals surface area contributed by atoms with Gasteiger partial charge >= 0.3 is 0 Å². The smallest absolute Gasteiger partial charge is 0.237 e. The molecule has 0 aromatic carbocycles. The maximum atomic E-state index is 6.52. The zero-order valence-corrected chi connectivity index (χ0v) is 9.24. The number of methoxy groups -OCH3 is 1. The first-order valence-electron chi connectivity index (χ1n) is 4.97. The molecule has 0 aromatic rings. The molecule has 0 aliphatic heterocycles.